The molecule has 0 spiro atoms. The third kappa shape index (κ3) is 4.64. The van der Waals surface area contributed by atoms with Crippen LogP contribution in [0.1, 0.15) is 24.1 Å². The van der Waals surface area contributed by atoms with Gasteiger partial charge in [-0.2, -0.15) is 0 Å². The molecule has 0 bridgehead atoms. The maximum absolute atomic E-state index is 13.4. The first-order valence-corrected chi connectivity index (χ1v) is 12.3. The molecule has 1 fully saturated rings. The lowest BCUT2D eigenvalue weighted by atomic mass is 10.2. The number of aromatic nitrogens is 2. The first kappa shape index (κ1) is 21.5. The molecule has 1 N–H and O–H groups in total. The van der Waals surface area contributed by atoms with Crippen LogP contribution in [0.4, 0.5) is 10.1 Å². The molecule has 3 heterocycles. The maximum Gasteiger partial charge on any atom is 0.263 e. The minimum absolute atomic E-state index is 0.0216. The lowest BCUT2D eigenvalue weighted by Gasteiger charge is -2.16. The Hall–Kier alpha value is -2.72. The summed E-state index contributed by atoms with van der Waals surface area (Å²) in [7, 11) is -3.95. The summed E-state index contributed by atoms with van der Waals surface area (Å²) in [5.41, 5.74) is 2.17. The third-order valence-corrected chi connectivity index (χ3v) is 7.53. The van der Waals surface area contributed by atoms with E-state index in [0.717, 1.165) is 31.6 Å². The van der Waals surface area contributed by atoms with Crippen LogP contribution < -0.4 is 4.72 Å². The van der Waals surface area contributed by atoms with Crippen molar-refractivity contribution in [3.8, 4) is 10.7 Å². The Morgan fingerprint density at radius 1 is 1.23 bits per heavy atom. The van der Waals surface area contributed by atoms with Crippen molar-refractivity contribution in [2.45, 2.75) is 38.1 Å². The number of thiazole rings is 1. The molecule has 1 aliphatic heterocycles. The van der Waals surface area contributed by atoms with Crippen molar-refractivity contribution in [2.75, 3.05) is 17.8 Å². The largest absolute Gasteiger partial charge is 0.341 e. The monoisotopic (exact) mass is 462 g/mol. The molecule has 1 aromatic carbocycles. The van der Waals surface area contributed by atoms with Gasteiger partial charge < -0.3 is 9.47 Å². The Bertz CT molecular complexity index is 1230. The quantitative estimate of drug-likeness (QED) is 0.604. The molecule has 0 aliphatic carbocycles. The molecule has 10 heteroatoms. The Morgan fingerprint density at radius 2 is 1.97 bits per heavy atom. The minimum Gasteiger partial charge on any atom is -0.341 e. The third-order valence-electron chi connectivity index (χ3n) is 5.22. The van der Waals surface area contributed by atoms with Crippen LogP contribution in [-0.4, -0.2) is 41.9 Å². The lowest BCUT2D eigenvalue weighted by Crippen LogP contribution is -2.31. The van der Waals surface area contributed by atoms with Gasteiger partial charge >= 0.3 is 0 Å². The second-order valence-corrected chi connectivity index (χ2v) is 10.2. The fraction of sp³-hybridized carbons (Fsp3) is 0.333. The summed E-state index contributed by atoms with van der Waals surface area (Å²) in [4.78, 5) is 19.0. The number of likely N-dealkylation sites (tertiary alicyclic amines) is 1. The molecule has 1 saturated heterocycles. The number of halogens is 1. The van der Waals surface area contributed by atoms with Crippen LogP contribution in [-0.2, 0) is 21.4 Å². The van der Waals surface area contributed by atoms with Crippen molar-refractivity contribution in [3.63, 3.8) is 0 Å². The van der Waals surface area contributed by atoms with Crippen molar-refractivity contribution in [2.24, 2.45) is 0 Å². The highest BCUT2D eigenvalue weighted by atomic mass is 32.2. The van der Waals surface area contributed by atoms with E-state index in [4.69, 9.17) is 0 Å². The summed E-state index contributed by atoms with van der Waals surface area (Å²) in [6.07, 6.45) is 3.42. The van der Waals surface area contributed by atoms with Crippen molar-refractivity contribution in [3.05, 3.63) is 52.9 Å². The number of rotatable bonds is 6. The van der Waals surface area contributed by atoms with Gasteiger partial charge in [0.2, 0.25) is 5.91 Å². The molecule has 0 atom stereocenters. The Kier molecular flexibility index (Phi) is 5.85. The lowest BCUT2D eigenvalue weighted by molar-refractivity contribution is -0.130. The van der Waals surface area contributed by atoms with Crippen molar-refractivity contribution >= 4 is 33.0 Å². The smallest absolute Gasteiger partial charge is 0.263 e. The molecule has 1 amide bonds. The zero-order valence-electron chi connectivity index (χ0n) is 17.3. The number of nitrogens with zero attached hydrogens (tertiary/aromatic N) is 3. The summed E-state index contributed by atoms with van der Waals surface area (Å²) in [5.74, 6) is -0.484. The van der Waals surface area contributed by atoms with Gasteiger partial charge in [0.1, 0.15) is 22.3 Å². The summed E-state index contributed by atoms with van der Waals surface area (Å²) >= 11 is 1.39. The molecule has 0 saturated carbocycles. The van der Waals surface area contributed by atoms with E-state index in [1.807, 2.05) is 12.3 Å². The Balaban J connectivity index is 1.68. The predicted octanol–water partition coefficient (Wildman–Crippen LogP) is 3.79. The molecule has 4 rings (SSSR count). The number of carbonyl (C=O) groups excluding carboxylic acids is 1. The topological polar surface area (TPSA) is 84.3 Å². The average molecular weight is 463 g/mol. The zero-order valence-corrected chi connectivity index (χ0v) is 18.9. The van der Waals surface area contributed by atoms with Gasteiger partial charge in [0.05, 0.1) is 11.4 Å². The molecule has 3 aromatic rings. The molecule has 1 aliphatic rings. The molecule has 0 radical (unpaired) electrons. The van der Waals surface area contributed by atoms with Gasteiger partial charge in [-0.25, -0.2) is 17.8 Å². The van der Waals surface area contributed by atoms with Crippen LogP contribution in [0, 0.1) is 19.7 Å². The normalized spacial score (nSPS) is 14.2. The van der Waals surface area contributed by atoms with Crippen molar-refractivity contribution < 1.29 is 17.6 Å². The van der Waals surface area contributed by atoms with E-state index < -0.39 is 15.8 Å². The number of aryl methyl sites for hydroxylation is 2. The van der Waals surface area contributed by atoms with Crippen molar-refractivity contribution in [1.82, 2.24) is 14.5 Å². The van der Waals surface area contributed by atoms with E-state index in [9.17, 15) is 17.6 Å². The van der Waals surface area contributed by atoms with E-state index >= 15 is 0 Å². The van der Waals surface area contributed by atoms with Gasteiger partial charge in [-0.05, 0) is 56.5 Å². The highest BCUT2D eigenvalue weighted by Crippen LogP contribution is 2.29. The van der Waals surface area contributed by atoms with Gasteiger partial charge in [0.25, 0.3) is 10.0 Å². The molecule has 2 aromatic heterocycles. The van der Waals surface area contributed by atoms with E-state index in [1.165, 1.54) is 41.8 Å². The van der Waals surface area contributed by atoms with Crippen LogP contribution in [0.3, 0.4) is 0 Å². The number of benzene rings is 1. The highest BCUT2D eigenvalue weighted by molar-refractivity contribution is 7.92. The van der Waals surface area contributed by atoms with E-state index in [0.29, 0.717) is 22.0 Å². The van der Waals surface area contributed by atoms with Crippen LogP contribution >= 0.6 is 11.3 Å². The van der Waals surface area contributed by atoms with Gasteiger partial charge in [-0.3, -0.25) is 9.52 Å². The molecule has 7 nitrogen and oxygen atoms in total. The SMILES string of the molecule is Cc1csc(-c2cc(S(=O)(=O)Nc3ccc(F)cc3C)cn2CC(=O)N2CCCC2)n1. The molecular weight excluding hydrogens is 439 g/mol. The number of anilines is 1. The summed E-state index contributed by atoms with van der Waals surface area (Å²) < 4.78 is 43.6. The van der Waals surface area contributed by atoms with Crippen LogP contribution in [0.15, 0.2) is 40.7 Å². The van der Waals surface area contributed by atoms with Crippen LogP contribution in [0.25, 0.3) is 10.7 Å². The van der Waals surface area contributed by atoms with E-state index in [1.54, 1.807) is 16.4 Å². The molecule has 0 unspecified atom stereocenters. The molecular formula is C21H23FN4O3S2. The van der Waals surface area contributed by atoms with Crippen LogP contribution in [0.5, 0.6) is 0 Å². The van der Waals surface area contributed by atoms with Gasteiger partial charge in [0.15, 0.2) is 0 Å². The van der Waals surface area contributed by atoms with E-state index in [2.05, 4.69) is 9.71 Å². The number of hydrogen-bond donors (Lipinski definition) is 1. The van der Waals surface area contributed by atoms with Crippen LogP contribution in [0.2, 0.25) is 0 Å². The number of amides is 1. The predicted molar refractivity (Wildman–Crippen MR) is 118 cm³/mol. The Labute approximate surface area is 184 Å². The molecule has 31 heavy (non-hydrogen) atoms. The van der Waals surface area contributed by atoms with E-state index in [-0.39, 0.29) is 17.3 Å². The second-order valence-electron chi connectivity index (χ2n) is 7.64. The van der Waals surface area contributed by atoms with Gasteiger partial charge in [-0.1, -0.05) is 0 Å². The number of hydrogen-bond acceptors (Lipinski definition) is 5. The number of nitrogens with one attached hydrogen (secondary N) is 1. The zero-order chi connectivity index (χ0) is 22.2. The maximum atomic E-state index is 13.4. The van der Waals surface area contributed by atoms with Gasteiger partial charge in [0, 0.05) is 30.4 Å². The summed E-state index contributed by atoms with van der Waals surface area (Å²) in [6, 6.07) is 5.38. The summed E-state index contributed by atoms with van der Waals surface area (Å²) in [6.45, 7) is 4.98. The minimum atomic E-state index is -3.95. The number of carbonyl (C=O) groups is 1. The average Bonchev–Trinajstić information content (AvgIpc) is 3.44. The van der Waals surface area contributed by atoms with Gasteiger partial charge in [-0.15, -0.1) is 11.3 Å². The fourth-order valence-corrected chi connectivity index (χ4v) is 5.57. The Morgan fingerprint density at radius 3 is 2.61 bits per heavy atom. The first-order valence-electron chi connectivity index (χ1n) is 9.92. The fourth-order valence-electron chi connectivity index (χ4n) is 3.57. The first-order chi connectivity index (χ1) is 14.7. The standard InChI is InChI=1S/C21H23FN4O3S2/c1-14-9-16(22)5-6-18(14)24-31(28,29)17-10-19(21-23-15(2)13-30-21)26(11-17)12-20(27)25-7-3-4-8-25/h5-6,9-11,13,24H,3-4,7-8,12H2,1-2H3. The molecule has 164 valence electrons. The highest BCUT2D eigenvalue weighted by Gasteiger charge is 2.24. The number of sulfonamides is 1. The van der Waals surface area contributed by atoms with Crippen molar-refractivity contribution in [1.29, 1.82) is 0 Å². The summed E-state index contributed by atoms with van der Waals surface area (Å²) in [5, 5.41) is 2.52. The second kappa shape index (κ2) is 8.43.